The molecule has 0 spiro atoms. The molecule has 3 N–H and O–H groups in total. The third-order valence-corrected chi connectivity index (χ3v) is 1.81. The molecule has 0 saturated heterocycles. The number of carbonyl (C=O) groups is 2. The molecule has 6 heteroatoms. The number of hydrogen-bond acceptors (Lipinski definition) is 4. The van der Waals surface area contributed by atoms with Gasteiger partial charge in [-0.3, -0.25) is 9.59 Å². The van der Waals surface area contributed by atoms with E-state index in [1.165, 1.54) is 0 Å². The third-order valence-electron chi connectivity index (χ3n) is 1.81. The van der Waals surface area contributed by atoms with E-state index >= 15 is 0 Å². The van der Waals surface area contributed by atoms with Gasteiger partial charge in [0.1, 0.15) is 0 Å². The minimum atomic E-state index is -0.631. The quantitative estimate of drug-likeness (QED) is 0.742. The molecule has 1 rings (SSSR count). The molecular weight excluding hydrogens is 196 g/mol. The molecule has 1 heterocycles. The number of rotatable bonds is 3. The summed E-state index contributed by atoms with van der Waals surface area (Å²) in [5.74, 6) is -0.465. The number of primary amides is 1. The number of nitrogens with one attached hydrogen (secondary N) is 1. The van der Waals surface area contributed by atoms with Crippen LogP contribution < -0.4 is 11.1 Å². The number of aromatic nitrogens is 2. The van der Waals surface area contributed by atoms with Gasteiger partial charge in [0.2, 0.25) is 5.91 Å². The molecule has 1 aromatic rings. The normalized spacial score (nSPS) is 9.73. The van der Waals surface area contributed by atoms with E-state index < -0.39 is 5.91 Å². The van der Waals surface area contributed by atoms with Gasteiger partial charge in [0.15, 0.2) is 11.5 Å². The van der Waals surface area contributed by atoms with Crippen molar-refractivity contribution in [2.75, 3.05) is 5.32 Å². The van der Waals surface area contributed by atoms with Crippen molar-refractivity contribution in [1.82, 2.24) is 10.2 Å². The smallest absolute Gasteiger partial charge is 0.269 e. The highest BCUT2D eigenvalue weighted by atomic mass is 16.2. The summed E-state index contributed by atoms with van der Waals surface area (Å²) in [6, 6.07) is 1.56. The van der Waals surface area contributed by atoms with Crippen molar-refractivity contribution in [3.63, 3.8) is 0 Å². The Hall–Kier alpha value is -1.98. The molecule has 0 fully saturated rings. The summed E-state index contributed by atoms with van der Waals surface area (Å²) < 4.78 is 0. The van der Waals surface area contributed by atoms with E-state index in [-0.39, 0.29) is 11.6 Å². The van der Waals surface area contributed by atoms with Crippen molar-refractivity contribution in [2.24, 2.45) is 5.73 Å². The Kier molecular flexibility index (Phi) is 3.33. The summed E-state index contributed by atoms with van der Waals surface area (Å²) in [4.78, 5) is 21.9. The molecule has 0 atom stereocenters. The summed E-state index contributed by atoms with van der Waals surface area (Å²) in [5.41, 5.74) is 5.77. The van der Waals surface area contributed by atoms with E-state index in [4.69, 9.17) is 5.73 Å². The van der Waals surface area contributed by atoms with E-state index in [9.17, 15) is 9.59 Å². The van der Waals surface area contributed by atoms with Gasteiger partial charge in [-0.25, -0.2) is 0 Å². The van der Waals surface area contributed by atoms with Crippen molar-refractivity contribution < 1.29 is 9.59 Å². The van der Waals surface area contributed by atoms with Gasteiger partial charge in [0, 0.05) is 6.42 Å². The molecule has 0 aromatic carbocycles. The molecule has 0 bridgehead atoms. The lowest BCUT2D eigenvalue weighted by atomic mass is 10.2. The highest BCUT2D eigenvalue weighted by molar-refractivity contribution is 5.93. The fourth-order valence-electron chi connectivity index (χ4n) is 1.02. The maximum atomic E-state index is 11.0. The molecule has 0 aliphatic carbocycles. The number of aryl methyl sites for hydroxylation is 1. The van der Waals surface area contributed by atoms with E-state index in [0.29, 0.717) is 17.8 Å². The van der Waals surface area contributed by atoms with Crippen molar-refractivity contribution in [1.29, 1.82) is 0 Å². The lowest BCUT2D eigenvalue weighted by molar-refractivity contribution is -0.115. The van der Waals surface area contributed by atoms with E-state index in [2.05, 4.69) is 15.5 Å². The van der Waals surface area contributed by atoms with Crippen LogP contribution in [0, 0.1) is 6.92 Å². The van der Waals surface area contributed by atoms with Crippen molar-refractivity contribution >= 4 is 17.6 Å². The van der Waals surface area contributed by atoms with Crippen LogP contribution >= 0.6 is 0 Å². The van der Waals surface area contributed by atoms with Gasteiger partial charge in [-0.05, 0) is 18.6 Å². The molecule has 1 aromatic heterocycles. The van der Waals surface area contributed by atoms with Crippen LogP contribution in [0.3, 0.4) is 0 Å². The summed E-state index contributed by atoms with van der Waals surface area (Å²) in [6.07, 6.45) is 0.359. The lowest BCUT2D eigenvalue weighted by Gasteiger charge is -2.04. The number of carbonyl (C=O) groups excluding carboxylic acids is 2. The maximum Gasteiger partial charge on any atom is 0.269 e. The highest BCUT2D eigenvalue weighted by Crippen LogP contribution is 2.08. The van der Waals surface area contributed by atoms with Gasteiger partial charge in [-0.15, -0.1) is 10.2 Å². The Bertz CT molecular complexity index is 403. The number of hydrogen-bond donors (Lipinski definition) is 2. The Morgan fingerprint density at radius 1 is 1.47 bits per heavy atom. The molecule has 0 aliphatic rings. The third kappa shape index (κ3) is 2.73. The van der Waals surface area contributed by atoms with Gasteiger partial charge >= 0.3 is 0 Å². The first-order valence-electron chi connectivity index (χ1n) is 4.48. The van der Waals surface area contributed by atoms with Crippen LogP contribution in [-0.2, 0) is 4.79 Å². The topological polar surface area (TPSA) is 98.0 Å². The zero-order valence-electron chi connectivity index (χ0n) is 8.57. The van der Waals surface area contributed by atoms with Gasteiger partial charge < -0.3 is 11.1 Å². The zero-order chi connectivity index (χ0) is 11.4. The van der Waals surface area contributed by atoms with Crippen LogP contribution in [0.25, 0.3) is 0 Å². The minimum absolute atomic E-state index is 0.115. The van der Waals surface area contributed by atoms with E-state index in [1.54, 1.807) is 19.9 Å². The molecule has 6 nitrogen and oxygen atoms in total. The fraction of sp³-hybridized carbons (Fsp3) is 0.333. The molecule has 0 aliphatic heterocycles. The number of anilines is 1. The summed E-state index contributed by atoms with van der Waals surface area (Å²) in [5, 5.41) is 9.83. The second-order valence-electron chi connectivity index (χ2n) is 3.03. The summed E-state index contributed by atoms with van der Waals surface area (Å²) in [6.45, 7) is 3.41. The van der Waals surface area contributed by atoms with Gasteiger partial charge in [-0.1, -0.05) is 6.92 Å². The van der Waals surface area contributed by atoms with E-state index in [1.807, 2.05) is 0 Å². The van der Waals surface area contributed by atoms with Crippen LogP contribution in [0.2, 0.25) is 0 Å². The van der Waals surface area contributed by atoms with Gasteiger partial charge in [-0.2, -0.15) is 0 Å². The minimum Gasteiger partial charge on any atom is -0.364 e. The molecule has 15 heavy (non-hydrogen) atoms. The van der Waals surface area contributed by atoms with Crippen molar-refractivity contribution in [3.05, 3.63) is 17.3 Å². The molecule has 0 radical (unpaired) electrons. The molecule has 2 amide bonds. The van der Waals surface area contributed by atoms with Crippen molar-refractivity contribution in [2.45, 2.75) is 20.3 Å². The Balaban J connectivity index is 2.91. The number of nitrogens with zero attached hydrogens (tertiary/aromatic N) is 2. The predicted octanol–water partition coefficient (Wildman–Crippen LogP) is 0.232. The van der Waals surface area contributed by atoms with Crippen LogP contribution in [0.5, 0.6) is 0 Å². The predicted molar refractivity (Wildman–Crippen MR) is 54.2 cm³/mol. The molecular formula is C9H12N4O2. The Morgan fingerprint density at radius 2 is 2.13 bits per heavy atom. The maximum absolute atomic E-state index is 11.0. The fourth-order valence-corrected chi connectivity index (χ4v) is 1.02. The molecule has 0 saturated carbocycles. The van der Waals surface area contributed by atoms with Crippen molar-refractivity contribution in [3.8, 4) is 0 Å². The largest absolute Gasteiger partial charge is 0.364 e. The van der Waals surface area contributed by atoms with Gasteiger partial charge in [0.05, 0.1) is 0 Å². The standard InChI is InChI=1S/C9H12N4O2/c1-3-7(14)11-6-4-5(2)8(9(10)15)13-12-6/h4H,3H2,1-2H3,(H2,10,15)(H,11,12,14). The summed E-state index contributed by atoms with van der Waals surface area (Å²) in [7, 11) is 0. The van der Waals surface area contributed by atoms with Crippen LogP contribution in [-0.4, -0.2) is 22.0 Å². The molecule has 0 unspecified atom stereocenters. The van der Waals surface area contributed by atoms with Gasteiger partial charge in [0.25, 0.3) is 5.91 Å². The highest BCUT2D eigenvalue weighted by Gasteiger charge is 2.09. The number of nitrogens with two attached hydrogens (primary N) is 1. The second kappa shape index (κ2) is 4.50. The van der Waals surface area contributed by atoms with Crippen LogP contribution in [0.4, 0.5) is 5.82 Å². The Labute approximate surface area is 86.9 Å². The average Bonchev–Trinajstić information content (AvgIpc) is 2.17. The first-order chi connectivity index (χ1) is 7.04. The zero-order valence-corrected chi connectivity index (χ0v) is 8.57. The van der Waals surface area contributed by atoms with E-state index in [0.717, 1.165) is 0 Å². The lowest BCUT2D eigenvalue weighted by Crippen LogP contribution is -2.17. The SMILES string of the molecule is CCC(=O)Nc1cc(C)c(C(N)=O)nn1. The first-order valence-corrected chi connectivity index (χ1v) is 4.48. The molecule has 80 valence electrons. The Morgan fingerprint density at radius 3 is 2.60 bits per heavy atom. The first kappa shape index (κ1) is 11.1. The monoisotopic (exact) mass is 208 g/mol. The number of amides is 2. The average molecular weight is 208 g/mol. The van der Waals surface area contributed by atoms with Crippen LogP contribution in [0.15, 0.2) is 6.07 Å². The van der Waals surface area contributed by atoms with Crippen LogP contribution in [0.1, 0.15) is 29.4 Å². The summed E-state index contributed by atoms with van der Waals surface area (Å²) >= 11 is 0. The second-order valence-corrected chi connectivity index (χ2v) is 3.03.